The number of ether oxygens (including phenoxy) is 1. The summed E-state index contributed by atoms with van der Waals surface area (Å²) in [7, 11) is 1.59. The van der Waals surface area contributed by atoms with E-state index in [0.29, 0.717) is 10.7 Å². The predicted molar refractivity (Wildman–Crippen MR) is 65.8 cm³/mol. The molecule has 0 spiro atoms. The molecule has 0 aliphatic heterocycles. The molecule has 0 saturated carbocycles. The molecule has 5 heteroatoms. The molecule has 88 valence electrons. The Morgan fingerprint density at radius 2 is 2.24 bits per heavy atom. The highest BCUT2D eigenvalue weighted by atomic mass is 32.1. The molecule has 0 radical (unpaired) electrons. The number of carboxylic acids is 1. The number of aryl methyl sites for hydroxylation is 1. The van der Waals surface area contributed by atoms with Crippen molar-refractivity contribution in [2.75, 3.05) is 7.11 Å². The van der Waals surface area contributed by atoms with Crippen LogP contribution in [0.5, 0.6) is 5.75 Å². The second-order valence-corrected chi connectivity index (χ2v) is 4.47. The van der Waals surface area contributed by atoms with Gasteiger partial charge in [-0.3, -0.25) is 0 Å². The summed E-state index contributed by atoms with van der Waals surface area (Å²) >= 11 is 1.17. The number of rotatable bonds is 3. The first kappa shape index (κ1) is 11.6. The third-order valence-electron chi connectivity index (χ3n) is 2.31. The third-order valence-corrected chi connectivity index (χ3v) is 3.50. The van der Waals surface area contributed by atoms with Gasteiger partial charge in [-0.25, -0.2) is 9.78 Å². The fourth-order valence-corrected chi connectivity index (χ4v) is 2.38. The Kier molecular flexibility index (Phi) is 3.10. The maximum Gasteiger partial charge on any atom is 0.347 e. The molecule has 2 rings (SSSR count). The quantitative estimate of drug-likeness (QED) is 0.908. The van der Waals surface area contributed by atoms with Crippen molar-refractivity contribution in [2.24, 2.45) is 0 Å². The van der Waals surface area contributed by atoms with Crippen LogP contribution in [-0.2, 0) is 0 Å². The van der Waals surface area contributed by atoms with Gasteiger partial charge in [-0.05, 0) is 19.1 Å². The Bertz CT molecular complexity index is 563. The number of thiazole rings is 1. The van der Waals surface area contributed by atoms with Crippen molar-refractivity contribution in [3.05, 3.63) is 34.8 Å². The number of hydrogen-bond acceptors (Lipinski definition) is 4. The van der Waals surface area contributed by atoms with E-state index in [4.69, 9.17) is 9.84 Å². The summed E-state index contributed by atoms with van der Waals surface area (Å²) in [4.78, 5) is 15.5. The summed E-state index contributed by atoms with van der Waals surface area (Å²) in [5.74, 6) is -0.207. The zero-order valence-electron chi connectivity index (χ0n) is 9.43. The molecule has 1 N–H and O–H groups in total. The predicted octanol–water partition coefficient (Wildman–Crippen LogP) is 2.83. The van der Waals surface area contributed by atoms with E-state index in [2.05, 4.69) is 4.98 Å². The topological polar surface area (TPSA) is 59.4 Å². The number of nitrogens with zero attached hydrogens (tertiary/aromatic N) is 1. The Morgan fingerprint density at radius 3 is 2.82 bits per heavy atom. The lowest BCUT2D eigenvalue weighted by Crippen LogP contribution is -1.94. The van der Waals surface area contributed by atoms with E-state index < -0.39 is 5.97 Å². The standard InChI is InChI=1S/C12H11NO3S/c1-7-10(12(14)15)17-11(13-7)8-4-3-5-9(6-8)16-2/h3-6H,1-2H3,(H,14,15). The number of methoxy groups -OCH3 is 1. The second kappa shape index (κ2) is 4.55. The highest BCUT2D eigenvalue weighted by molar-refractivity contribution is 7.17. The molecule has 0 unspecified atom stereocenters. The molecule has 0 amide bonds. The molecular weight excluding hydrogens is 238 g/mol. The minimum Gasteiger partial charge on any atom is -0.497 e. The lowest BCUT2D eigenvalue weighted by Gasteiger charge is -2.00. The van der Waals surface area contributed by atoms with Crippen molar-refractivity contribution >= 4 is 17.3 Å². The van der Waals surface area contributed by atoms with Crippen molar-refractivity contribution in [3.63, 3.8) is 0 Å². The van der Waals surface area contributed by atoms with Crippen LogP contribution in [0, 0.1) is 6.92 Å². The van der Waals surface area contributed by atoms with Gasteiger partial charge in [0.1, 0.15) is 15.6 Å². The van der Waals surface area contributed by atoms with Crippen LogP contribution in [0.25, 0.3) is 10.6 Å². The number of benzene rings is 1. The molecule has 0 aliphatic rings. The van der Waals surface area contributed by atoms with Gasteiger partial charge in [0, 0.05) is 5.56 Å². The molecule has 17 heavy (non-hydrogen) atoms. The van der Waals surface area contributed by atoms with E-state index in [1.807, 2.05) is 24.3 Å². The first-order valence-electron chi connectivity index (χ1n) is 4.97. The lowest BCUT2D eigenvalue weighted by atomic mass is 10.2. The molecule has 1 aromatic heterocycles. The van der Waals surface area contributed by atoms with Crippen molar-refractivity contribution in [3.8, 4) is 16.3 Å². The normalized spacial score (nSPS) is 10.2. The molecule has 0 atom stereocenters. The highest BCUT2D eigenvalue weighted by Gasteiger charge is 2.15. The fourth-order valence-electron chi connectivity index (χ4n) is 1.47. The van der Waals surface area contributed by atoms with Crippen LogP contribution in [0.3, 0.4) is 0 Å². The van der Waals surface area contributed by atoms with Gasteiger partial charge in [0.25, 0.3) is 0 Å². The third kappa shape index (κ3) is 2.29. The van der Waals surface area contributed by atoms with Crippen LogP contribution in [-0.4, -0.2) is 23.2 Å². The van der Waals surface area contributed by atoms with E-state index in [-0.39, 0.29) is 4.88 Å². The van der Waals surface area contributed by atoms with E-state index >= 15 is 0 Å². The van der Waals surface area contributed by atoms with Crippen LogP contribution in [0.4, 0.5) is 0 Å². The molecular formula is C12H11NO3S. The number of aromatic carboxylic acids is 1. The molecule has 0 saturated heterocycles. The second-order valence-electron chi connectivity index (χ2n) is 3.47. The van der Waals surface area contributed by atoms with Crippen LogP contribution in [0.1, 0.15) is 15.4 Å². The van der Waals surface area contributed by atoms with Crippen molar-refractivity contribution < 1.29 is 14.6 Å². The lowest BCUT2D eigenvalue weighted by molar-refractivity contribution is 0.0701. The summed E-state index contributed by atoms with van der Waals surface area (Å²) in [6.07, 6.45) is 0. The monoisotopic (exact) mass is 249 g/mol. The Morgan fingerprint density at radius 1 is 1.47 bits per heavy atom. The minimum absolute atomic E-state index is 0.280. The smallest absolute Gasteiger partial charge is 0.347 e. The Labute approximate surface area is 103 Å². The fraction of sp³-hybridized carbons (Fsp3) is 0.167. The average Bonchev–Trinajstić information content (AvgIpc) is 2.71. The SMILES string of the molecule is COc1cccc(-c2nc(C)c(C(=O)O)s2)c1. The summed E-state index contributed by atoms with van der Waals surface area (Å²) in [6, 6.07) is 7.41. The number of carbonyl (C=O) groups is 1. The van der Waals surface area contributed by atoms with Crippen LogP contribution in [0.2, 0.25) is 0 Å². The van der Waals surface area contributed by atoms with Gasteiger partial charge in [0.05, 0.1) is 12.8 Å². The summed E-state index contributed by atoms with van der Waals surface area (Å²) < 4.78 is 5.12. The van der Waals surface area contributed by atoms with Crippen molar-refractivity contribution in [1.29, 1.82) is 0 Å². The van der Waals surface area contributed by atoms with Gasteiger partial charge in [-0.1, -0.05) is 12.1 Å². The molecule has 1 aromatic carbocycles. The molecule has 0 bridgehead atoms. The van der Waals surface area contributed by atoms with E-state index in [0.717, 1.165) is 11.3 Å². The van der Waals surface area contributed by atoms with E-state index in [9.17, 15) is 4.79 Å². The summed E-state index contributed by atoms with van der Waals surface area (Å²) in [5.41, 5.74) is 1.41. The van der Waals surface area contributed by atoms with Gasteiger partial charge in [-0.15, -0.1) is 11.3 Å². The zero-order chi connectivity index (χ0) is 12.4. The first-order valence-corrected chi connectivity index (χ1v) is 5.78. The summed E-state index contributed by atoms with van der Waals surface area (Å²) in [5, 5.41) is 9.67. The molecule has 1 heterocycles. The Hall–Kier alpha value is -1.88. The van der Waals surface area contributed by atoms with Crippen molar-refractivity contribution in [1.82, 2.24) is 4.98 Å². The number of carboxylic acid groups (broad SMARTS) is 1. The largest absolute Gasteiger partial charge is 0.497 e. The van der Waals surface area contributed by atoms with E-state index in [1.165, 1.54) is 11.3 Å². The van der Waals surface area contributed by atoms with Gasteiger partial charge in [0.15, 0.2) is 0 Å². The molecule has 4 nitrogen and oxygen atoms in total. The van der Waals surface area contributed by atoms with E-state index in [1.54, 1.807) is 14.0 Å². The maximum absolute atomic E-state index is 10.9. The molecule has 0 fully saturated rings. The van der Waals surface area contributed by atoms with Crippen molar-refractivity contribution in [2.45, 2.75) is 6.92 Å². The highest BCUT2D eigenvalue weighted by Crippen LogP contribution is 2.29. The number of aromatic nitrogens is 1. The zero-order valence-corrected chi connectivity index (χ0v) is 10.2. The van der Waals surface area contributed by atoms with Crippen LogP contribution in [0.15, 0.2) is 24.3 Å². The molecule has 0 aliphatic carbocycles. The van der Waals surface area contributed by atoms with Gasteiger partial charge in [0.2, 0.25) is 0 Å². The minimum atomic E-state index is -0.936. The average molecular weight is 249 g/mol. The molecule has 2 aromatic rings. The summed E-state index contributed by atoms with van der Waals surface area (Å²) in [6.45, 7) is 1.70. The van der Waals surface area contributed by atoms with Crippen LogP contribution >= 0.6 is 11.3 Å². The maximum atomic E-state index is 10.9. The van der Waals surface area contributed by atoms with Gasteiger partial charge >= 0.3 is 5.97 Å². The van der Waals surface area contributed by atoms with Gasteiger partial charge in [-0.2, -0.15) is 0 Å². The van der Waals surface area contributed by atoms with Crippen LogP contribution < -0.4 is 4.74 Å². The Balaban J connectivity index is 2.46. The first-order chi connectivity index (χ1) is 8.11. The number of hydrogen-bond donors (Lipinski definition) is 1. The van der Waals surface area contributed by atoms with Gasteiger partial charge < -0.3 is 9.84 Å².